The van der Waals surface area contributed by atoms with E-state index in [4.69, 9.17) is 23.2 Å². The minimum absolute atomic E-state index is 0.0251. The predicted octanol–water partition coefficient (Wildman–Crippen LogP) is 6.72. The molecule has 140 valence electrons. The number of alkyl halides is 3. The molecule has 0 unspecified atom stereocenters. The van der Waals surface area contributed by atoms with Crippen LogP contribution in [0.25, 0.3) is 23.4 Å². The van der Waals surface area contributed by atoms with Gasteiger partial charge in [-0.2, -0.15) is 13.2 Å². The van der Waals surface area contributed by atoms with Crippen LogP contribution in [0.2, 0.25) is 10.0 Å². The molecule has 27 heavy (non-hydrogen) atoms. The van der Waals surface area contributed by atoms with Crippen molar-refractivity contribution in [1.82, 2.24) is 9.55 Å². The Morgan fingerprint density at radius 3 is 2.41 bits per heavy atom. The highest BCUT2D eigenvalue weighted by atomic mass is 35.5. The Balaban J connectivity index is 1.89. The zero-order chi connectivity index (χ0) is 19.8. The van der Waals surface area contributed by atoms with Crippen molar-refractivity contribution in [1.29, 1.82) is 0 Å². The second-order valence-corrected chi connectivity index (χ2v) is 6.63. The van der Waals surface area contributed by atoms with Gasteiger partial charge in [0.05, 0.1) is 16.3 Å². The van der Waals surface area contributed by atoms with Crippen LogP contribution in [0.3, 0.4) is 0 Å². The topological polar surface area (TPSA) is 17.8 Å². The Bertz CT molecular complexity index is 1020. The van der Waals surface area contributed by atoms with Crippen molar-refractivity contribution in [2.45, 2.75) is 6.18 Å². The molecule has 1 aromatic heterocycles. The van der Waals surface area contributed by atoms with Gasteiger partial charge in [-0.3, -0.25) is 0 Å². The molecule has 0 amide bonds. The van der Waals surface area contributed by atoms with E-state index < -0.39 is 17.6 Å². The fourth-order valence-corrected chi connectivity index (χ4v) is 2.97. The smallest absolute Gasteiger partial charge is 0.334 e. The molecule has 0 saturated carbocycles. The lowest BCUT2D eigenvalue weighted by Gasteiger charge is -2.07. The highest BCUT2D eigenvalue weighted by Gasteiger charge is 2.30. The molecule has 0 atom stereocenters. The van der Waals surface area contributed by atoms with Crippen LogP contribution in [0.15, 0.2) is 42.6 Å². The molecular formula is C19H12Cl2F4N2. The van der Waals surface area contributed by atoms with Gasteiger partial charge < -0.3 is 4.57 Å². The van der Waals surface area contributed by atoms with Gasteiger partial charge in [0.1, 0.15) is 11.6 Å². The summed E-state index contributed by atoms with van der Waals surface area (Å²) in [7, 11) is 1.74. The number of rotatable bonds is 3. The number of hydrogen-bond donors (Lipinski definition) is 0. The summed E-state index contributed by atoms with van der Waals surface area (Å²) in [5, 5.41) is 0.933. The molecule has 3 rings (SSSR count). The van der Waals surface area contributed by atoms with Gasteiger partial charge in [-0.05, 0) is 42.5 Å². The molecule has 8 heteroatoms. The van der Waals surface area contributed by atoms with Crippen LogP contribution in [0.4, 0.5) is 17.6 Å². The zero-order valence-corrected chi connectivity index (χ0v) is 15.4. The monoisotopic (exact) mass is 414 g/mol. The van der Waals surface area contributed by atoms with Crippen LogP contribution in [0.1, 0.15) is 17.0 Å². The normalized spacial score (nSPS) is 12.1. The summed E-state index contributed by atoms with van der Waals surface area (Å²) in [6, 6.07) is 7.40. The van der Waals surface area contributed by atoms with Gasteiger partial charge in [-0.25, -0.2) is 9.37 Å². The van der Waals surface area contributed by atoms with Crippen LogP contribution >= 0.6 is 23.2 Å². The van der Waals surface area contributed by atoms with Gasteiger partial charge in [0.25, 0.3) is 0 Å². The molecular weight excluding hydrogens is 403 g/mol. The van der Waals surface area contributed by atoms with Crippen LogP contribution in [-0.4, -0.2) is 9.55 Å². The summed E-state index contributed by atoms with van der Waals surface area (Å²) in [5.74, 6) is -0.480. The Morgan fingerprint density at radius 2 is 1.78 bits per heavy atom. The Kier molecular flexibility index (Phi) is 5.31. The van der Waals surface area contributed by atoms with E-state index in [-0.39, 0.29) is 5.56 Å². The average molecular weight is 415 g/mol. The first-order chi connectivity index (χ1) is 12.6. The minimum atomic E-state index is -4.59. The fraction of sp³-hybridized carbons (Fsp3) is 0.105. The molecule has 0 aliphatic rings. The van der Waals surface area contributed by atoms with E-state index in [1.807, 2.05) is 0 Å². The van der Waals surface area contributed by atoms with Crippen molar-refractivity contribution < 1.29 is 17.6 Å². The fourth-order valence-electron chi connectivity index (χ4n) is 2.47. The standard InChI is InChI=1S/C19H12Cl2F4N2/c1-27-10-17(14-6-5-13(20)9-15(14)21)26-18(27)7-3-11-2-4-12(8-16(11)22)19(23,24)25/h2-10H,1H3/b7-3+. The van der Waals surface area contributed by atoms with E-state index in [1.165, 1.54) is 12.2 Å². The second kappa shape index (κ2) is 7.37. The summed E-state index contributed by atoms with van der Waals surface area (Å²) >= 11 is 12.1. The molecule has 0 N–H and O–H groups in total. The Hall–Kier alpha value is -2.31. The maximum Gasteiger partial charge on any atom is 0.416 e. The largest absolute Gasteiger partial charge is 0.416 e. The third-order valence-electron chi connectivity index (χ3n) is 3.86. The number of benzene rings is 2. The highest BCUT2D eigenvalue weighted by molar-refractivity contribution is 6.36. The number of aromatic nitrogens is 2. The van der Waals surface area contributed by atoms with Crippen LogP contribution in [0.5, 0.6) is 0 Å². The number of halogens is 6. The van der Waals surface area contributed by atoms with Gasteiger partial charge in [-0.1, -0.05) is 29.3 Å². The Morgan fingerprint density at radius 1 is 1.04 bits per heavy atom. The number of imidazole rings is 1. The summed E-state index contributed by atoms with van der Waals surface area (Å²) < 4.78 is 53.5. The van der Waals surface area contributed by atoms with Gasteiger partial charge in [0.2, 0.25) is 0 Å². The summed E-state index contributed by atoms with van der Waals surface area (Å²) in [5.41, 5.74) is 0.259. The average Bonchev–Trinajstić information content (AvgIpc) is 2.93. The predicted molar refractivity (Wildman–Crippen MR) is 99.0 cm³/mol. The van der Waals surface area contributed by atoms with Crippen LogP contribution < -0.4 is 0 Å². The van der Waals surface area contributed by atoms with Crippen molar-refractivity contribution in [3.63, 3.8) is 0 Å². The first-order valence-corrected chi connectivity index (χ1v) is 8.44. The maximum atomic E-state index is 13.9. The highest BCUT2D eigenvalue weighted by Crippen LogP contribution is 2.31. The molecule has 0 aliphatic heterocycles. The lowest BCUT2D eigenvalue weighted by atomic mass is 10.1. The van der Waals surface area contributed by atoms with E-state index in [0.717, 1.165) is 12.1 Å². The first-order valence-electron chi connectivity index (χ1n) is 7.69. The van der Waals surface area contributed by atoms with E-state index in [0.29, 0.717) is 33.2 Å². The van der Waals surface area contributed by atoms with Crippen LogP contribution in [0, 0.1) is 5.82 Å². The maximum absolute atomic E-state index is 13.9. The Labute approximate surface area is 162 Å². The van der Waals surface area contributed by atoms with E-state index in [9.17, 15) is 17.6 Å². The molecule has 0 aliphatic carbocycles. The second-order valence-electron chi connectivity index (χ2n) is 5.79. The SMILES string of the molecule is Cn1cc(-c2ccc(Cl)cc2Cl)nc1/C=C/c1ccc(C(F)(F)F)cc1F. The molecule has 0 bridgehead atoms. The summed E-state index contributed by atoms with van der Waals surface area (Å²) in [6.45, 7) is 0. The first kappa shape index (κ1) is 19.5. The van der Waals surface area contributed by atoms with Crippen molar-refractivity contribution >= 4 is 35.4 Å². The third-order valence-corrected chi connectivity index (χ3v) is 4.41. The quantitative estimate of drug-likeness (QED) is 0.434. The van der Waals surface area contributed by atoms with Gasteiger partial charge >= 0.3 is 6.18 Å². The summed E-state index contributed by atoms with van der Waals surface area (Å²) in [4.78, 5) is 4.42. The number of hydrogen-bond acceptors (Lipinski definition) is 1. The molecule has 0 radical (unpaired) electrons. The number of nitrogens with zero attached hydrogens (tertiary/aromatic N) is 2. The molecule has 3 aromatic rings. The van der Waals surface area contributed by atoms with E-state index in [1.54, 1.807) is 36.0 Å². The van der Waals surface area contributed by atoms with Crippen molar-refractivity contribution in [2.24, 2.45) is 7.05 Å². The molecule has 2 aromatic carbocycles. The number of aryl methyl sites for hydroxylation is 1. The van der Waals surface area contributed by atoms with Gasteiger partial charge in [0, 0.05) is 29.4 Å². The van der Waals surface area contributed by atoms with Gasteiger partial charge in [0.15, 0.2) is 0 Å². The zero-order valence-electron chi connectivity index (χ0n) is 13.9. The van der Waals surface area contributed by atoms with Crippen LogP contribution in [-0.2, 0) is 13.2 Å². The molecule has 2 nitrogen and oxygen atoms in total. The molecule has 0 fully saturated rings. The lowest BCUT2D eigenvalue weighted by molar-refractivity contribution is -0.137. The molecule has 0 saturated heterocycles. The van der Waals surface area contributed by atoms with Crippen molar-refractivity contribution in [3.8, 4) is 11.3 Å². The molecule has 0 spiro atoms. The van der Waals surface area contributed by atoms with E-state index in [2.05, 4.69) is 4.98 Å². The summed E-state index contributed by atoms with van der Waals surface area (Å²) in [6.07, 6.45) is 0.0253. The molecule has 1 heterocycles. The lowest BCUT2D eigenvalue weighted by Crippen LogP contribution is -2.05. The van der Waals surface area contributed by atoms with Crippen molar-refractivity contribution in [2.75, 3.05) is 0 Å². The van der Waals surface area contributed by atoms with Gasteiger partial charge in [-0.15, -0.1) is 0 Å². The van der Waals surface area contributed by atoms with E-state index >= 15 is 0 Å². The third kappa shape index (κ3) is 4.34. The van der Waals surface area contributed by atoms with Crippen molar-refractivity contribution in [3.05, 3.63) is 75.4 Å². The minimum Gasteiger partial charge on any atom is -0.334 e.